The molecule has 0 aromatic heterocycles. The first-order valence-electron chi connectivity index (χ1n) is 8.01. The van der Waals surface area contributed by atoms with Gasteiger partial charge in [-0.15, -0.1) is 0 Å². The van der Waals surface area contributed by atoms with Crippen LogP contribution in [0.5, 0.6) is 0 Å². The summed E-state index contributed by atoms with van der Waals surface area (Å²) in [6.07, 6.45) is 3.68. The third kappa shape index (κ3) is 3.49. The summed E-state index contributed by atoms with van der Waals surface area (Å²) in [5.41, 5.74) is 4.18. The summed E-state index contributed by atoms with van der Waals surface area (Å²) in [6.45, 7) is 2.59. The Hall–Kier alpha value is -2.18. The van der Waals surface area contributed by atoms with Crippen molar-refractivity contribution in [1.82, 2.24) is 4.90 Å². The summed E-state index contributed by atoms with van der Waals surface area (Å²) in [6, 6.07) is 6.23. The second-order valence-electron chi connectivity index (χ2n) is 5.81. The number of amides is 1. The molecule has 0 radical (unpaired) electrons. The van der Waals surface area contributed by atoms with E-state index in [0.717, 1.165) is 29.7 Å². The number of hydrogen-bond donors (Lipinski definition) is 0. The molecule has 1 amide bonds. The van der Waals surface area contributed by atoms with Crippen LogP contribution in [0.4, 0.5) is 0 Å². The molecule has 2 heterocycles. The second kappa shape index (κ2) is 7.59. The Kier molecular flexibility index (Phi) is 5.27. The van der Waals surface area contributed by atoms with E-state index in [1.54, 1.807) is 25.1 Å². The van der Waals surface area contributed by atoms with E-state index in [2.05, 4.69) is 11.1 Å². The van der Waals surface area contributed by atoms with Crippen molar-refractivity contribution >= 4 is 18.0 Å². The first-order chi connectivity index (χ1) is 11.7. The molecule has 1 fully saturated rings. The van der Waals surface area contributed by atoms with Gasteiger partial charge in [0.1, 0.15) is 6.10 Å². The van der Waals surface area contributed by atoms with Crippen LogP contribution in [-0.2, 0) is 32.0 Å². The molecule has 6 nitrogen and oxygen atoms in total. The largest absolute Gasteiger partial charge is 0.481 e. The first kappa shape index (κ1) is 16.7. The number of rotatable bonds is 5. The Morgan fingerprint density at radius 1 is 1.46 bits per heavy atom. The van der Waals surface area contributed by atoms with Crippen molar-refractivity contribution in [1.29, 1.82) is 0 Å². The average molecular weight is 330 g/mol. The first-order valence-corrected chi connectivity index (χ1v) is 8.01. The van der Waals surface area contributed by atoms with Gasteiger partial charge < -0.3 is 19.1 Å². The van der Waals surface area contributed by atoms with E-state index in [0.29, 0.717) is 32.3 Å². The number of carbonyl (C=O) groups is 1. The van der Waals surface area contributed by atoms with E-state index in [1.807, 2.05) is 12.1 Å². The Morgan fingerprint density at radius 2 is 2.29 bits per heavy atom. The van der Waals surface area contributed by atoms with Crippen LogP contribution in [0.3, 0.4) is 0 Å². The highest BCUT2D eigenvalue weighted by Crippen LogP contribution is 2.29. The van der Waals surface area contributed by atoms with Crippen LogP contribution in [0.15, 0.2) is 29.3 Å². The Balaban J connectivity index is 1.84. The van der Waals surface area contributed by atoms with Crippen LogP contribution in [0, 0.1) is 0 Å². The van der Waals surface area contributed by atoms with Crippen molar-refractivity contribution in [3.05, 3.63) is 41.0 Å². The summed E-state index contributed by atoms with van der Waals surface area (Å²) in [4.78, 5) is 17.2. The lowest BCUT2D eigenvalue weighted by Crippen LogP contribution is -2.35. The number of hydrogen-bond acceptors (Lipinski definition) is 5. The summed E-state index contributed by atoms with van der Waals surface area (Å²) < 4.78 is 16.1. The normalized spacial score (nSPS) is 19.8. The molecule has 24 heavy (non-hydrogen) atoms. The molecule has 0 aliphatic carbocycles. The number of ether oxygens (including phenoxy) is 3. The molecule has 0 N–H and O–H groups in total. The summed E-state index contributed by atoms with van der Waals surface area (Å²) in [7, 11) is 3.23. The van der Waals surface area contributed by atoms with Gasteiger partial charge in [-0.25, -0.2) is 0 Å². The van der Waals surface area contributed by atoms with Gasteiger partial charge in [-0.1, -0.05) is 18.2 Å². The maximum atomic E-state index is 11.4. The lowest BCUT2D eigenvalue weighted by atomic mass is 9.94. The van der Waals surface area contributed by atoms with Crippen LogP contribution < -0.4 is 0 Å². The fraction of sp³-hybridized carbons (Fsp3) is 0.444. The van der Waals surface area contributed by atoms with Crippen LogP contribution in [0.25, 0.3) is 5.70 Å². The summed E-state index contributed by atoms with van der Waals surface area (Å²) in [5.74, 6) is 0.488. The van der Waals surface area contributed by atoms with E-state index in [-0.39, 0.29) is 6.10 Å². The van der Waals surface area contributed by atoms with Gasteiger partial charge in [-0.05, 0) is 17.5 Å². The lowest BCUT2D eigenvalue weighted by Gasteiger charge is -2.29. The Morgan fingerprint density at radius 3 is 2.92 bits per heavy atom. The summed E-state index contributed by atoms with van der Waals surface area (Å²) in [5, 5.41) is 0. The monoisotopic (exact) mass is 330 g/mol. The Bertz CT molecular complexity index is 665. The molecule has 2 aliphatic rings. The zero-order valence-corrected chi connectivity index (χ0v) is 14.0. The van der Waals surface area contributed by atoms with Gasteiger partial charge in [0.15, 0.2) is 0 Å². The van der Waals surface area contributed by atoms with Gasteiger partial charge in [0.25, 0.3) is 0 Å². The molecule has 1 saturated heterocycles. The van der Waals surface area contributed by atoms with E-state index in [9.17, 15) is 4.79 Å². The minimum absolute atomic E-state index is 0.215. The average Bonchev–Trinajstić information content (AvgIpc) is 2.57. The molecule has 128 valence electrons. The zero-order chi connectivity index (χ0) is 16.9. The second-order valence-corrected chi connectivity index (χ2v) is 5.81. The topological polar surface area (TPSA) is 60.4 Å². The molecule has 3 rings (SSSR count). The molecule has 0 unspecified atom stereocenters. The van der Waals surface area contributed by atoms with Crippen molar-refractivity contribution in [2.24, 2.45) is 4.99 Å². The molecule has 6 heteroatoms. The fourth-order valence-corrected chi connectivity index (χ4v) is 2.84. The molecule has 0 bridgehead atoms. The van der Waals surface area contributed by atoms with Crippen molar-refractivity contribution in [2.75, 3.05) is 33.9 Å². The molecular weight excluding hydrogens is 308 g/mol. The van der Waals surface area contributed by atoms with Crippen molar-refractivity contribution in [3.63, 3.8) is 0 Å². The molecule has 0 atom stereocenters. The van der Waals surface area contributed by atoms with E-state index in [4.69, 9.17) is 14.2 Å². The third-order valence-electron chi connectivity index (χ3n) is 4.29. The van der Waals surface area contributed by atoms with E-state index >= 15 is 0 Å². The number of benzene rings is 1. The fourth-order valence-electron chi connectivity index (χ4n) is 2.84. The molecule has 0 saturated carbocycles. The van der Waals surface area contributed by atoms with Gasteiger partial charge in [-0.3, -0.25) is 9.79 Å². The molecular formula is C18H22N2O4. The highest BCUT2D eigenvalue weighted by molar-refractivity contribution is 5.97. The van der Waals surface area contributed by atoms with Crippen LogP contribution in [0.1, 0.15) is 16.7 Å². The Labute approximate surface area is 141 Å². The standard InChI is InChI=1S/C18H22N2O4/c1-19-18(22-2)8-17-16-4-3-13(9-24-15-10-23-11-15)7-14(16)5-6-20(17)12-21/h3-4,7-8,12,15H,5-6,9-11H2,1-2H3/b17-8-,19-18?. The molecule has 1 aromatic carbocycles. The third-order valence-corrected chi connectivity index (χ3v) is 4.29. The van der Waals surface area contributed by atoms with Crippen molar-refractivity contribution < 1.29 is 19.0 Å². The molecule has 1 aromatic rings. The van der Waals surface area contributed by atoms with Gasteiger partial charge in [0.2, 0.25) is 12.3 Å². The SMILES string of the molecule is CN=C(/C=C1/c2ccc(COC3COC3)cc2CCN1C=O)OC. The van der Waals surface area contributed by atoms with Crippen molar-refractivity contribution in [2.45, 2.75) is 19.1 Å². The van der Waals surface area contributed by atoms with Gasteiger partial charge >= 0.3 is 0 Å². The number of methoxy groups -OCH3 is 1. The van der Waals surface area contributed by atoms with Crippen LogP contribution in [-0.4, -0.2) is 57.2 Å². The number of fused-ring (bicyclic) bond motifs is 1. The molecule has 0 spiro atoms. The van der Waals surface area contributed by atoms with Crippen molar-refractivity contribution in [3.8, 4) is 0 Å². The van der Waals surface area contributed by atoms with E-state index < -0.39 is 0 Å². The maximum absolute atomic E-state index is 11.4. The van der Waals surface area contributed by atoms with Gasteiger partial charge in [-0.2, -0.15) is 0 Å². The zero-order valence-electron chi connectivity index (χ0n) is 14.0. The maximum Gasteiger partial charge on any atom is 0.214 e. The van der Waals surface area contributed by atoms with Gasteiger partial charge in [0.05, 0.1) is 32.6 Å². The van der Waals surface area contributed by atoms with Crippen LogP contribution >= 0.6 is 0 Å². The minimum Gasteiger partial charge on any atom is -0.481 e. The predicted octanol–water partition coefficient (Wildman–Crippen LogP) is 1.63. The predicted molar refractivity (Wildman–Crippen MR) is 90.7 cm³/mol. The highest BCUT2D eigenvalue weighted by Gasteiger charge is 2.22. The van der Waals surface area contributed by atoms with Gasteiger partial charge in [0, 0.05) is 25.2 Å². The lowest BCUT2D eigenvalue weighted by molar-refractivity contribution is -0.135. The number of nitrogens with zero attached hydrogens (tertiary/aromatic N) is 2. The quantitative estimate of drug-likeness (QED) is 0.468. The summed E-state index contributed by atoms with van der Waals surface area (Å²) >= 11 is 0. The number of carbonyl (C=O) groups excluding carboxylic acids is 1. The number of aliphatic imine (C=N–C) groups is 1. The smallest absolute Gasteiger partial charge is 0.214 e. The molecule has 2 aliphatic heterocycles. The van der Waals surface area contributed by atoms with E-state index in [1.165, 1.54) is 5.56 Å². The minimum atomic E-state index is 0.215. The van der Waals surface area contributed by atoms with Crippen LogP contribution in [0.2, 0.25) is 0 Å². The highest BCUT2D eigenvalue weighted by atomic mass is 16.6.